The number of aryl methyl sites for hydroxylation is 1. The first-order chi connectivity index (χ1) is 15.3. The van der Waals surface area contributed by atoms with Gasteiger partial charge in [-0.1, -0.05) is 0 Å². The van der Waals surface area contributed by atoms with Crippen LogP contribution >= 0.6 is 0 Å². The van der Waals surface area contributed by atoms with Crippen LogP contribution < -0.4 is 10.1 Å². The summed E-state index contributed by atoms with van der Waals surface area (Å²) < 4.78 is 46.1. The van der Waals surface area contributed by atoms with Gasteiger partial charge in [-0.05, 0) is 65.9 Å². The zero-order chi connectivity index (χ0) is 22.9. The highest BCUT2D eigenvalue weighted by atomic mass is 19.4. The summed E-state index contributed by atoms with van der Waals surface area (Å²) in [6.07, 6.45) is -3.32. The van der Waals surface area contributed by atoms with Crippen LogP contribution in [-0.4, -0.2) is 43.0 Å². The molecule has 0 fully saturated rings. The molecule has 0 saturated carbocycles. The number of methoxy groups -OCH3 is 1. The van der Waals surface area contributed by atoms with Gasteiger partial charge in [0.2, 0.25) is 0 Å². The zero-order valence-electron chi connectivity index (χ0n) is 16.8. The number of hydrogen-bond donors (Lipinski definition) is 1. The smallest absolute Gasteiger partial charge is 0.435 e. The minimum atomic E-state index is -4.52. The van der Waals surface area contributed by atoms with Gasteiger partial charge in [0.15, 0.2) is 11.5 Å². The van der Waals surface area contributed by atoms with E-state index >= 15 is 0 Å². The van der Waals surface area contributed by atoms with Gasteiger partial charge in [0.1, 0.15) is 11.4 Å². The number of amides is 1. The summed E-state index contributed by atoms with van der Waals surface area (Å²) in [5, 5.41) is 17.6. The summed E-state index contributed by atoms with van der Waals surface area (Å²) in [7, 11) is 1.51. The fourth-order valence-electron chi connectivity index (χ4n) is 2.98. The third kappa shape index (κ3) is 4.15. The SMILES string of the molecule is COc1ccc(NC(=O)c2ccc(-n3ccc(C(F)(F)F)n3)cc2)cc1-n1nnnc1C. The molecule has 0 saturated heterocycles. The number of tetrazole rings is 1. The van der Waals surface area contributed by atoms with E-state index in [1.54, 1.807) is 25.1 Å². The lowest BCUT2D eigenvalue weighted by molar-refractivity contribution is -0.141. The van der Waals surface area contributed by atoms with Crippen molar-refractivity contribution in [3.05, 3.63) is 71.8 Å². The average Bonchev–Trinajstić information content (AvgIpc) is 3.43. The molecule has 12 heteroatoms. The maximum atomic E-state index is 12.7. The predicted molar refractivity (Wildman–Crippen MR) is 107 cm³/mol. The van der Waals surface area contributed by atoms with E-state index < -0.39 is 17.8 Å². The van der Waals surface area contributed by atoms with Crippen molar-refractivity contribution < 1.29 is 22.7 Å². The number of benzene rings is 2. The molecule has 164 valence electrons. The molecule has 2 heterocycles. The van der Waals surface area contributed by atoms with Crippen molar-refractivity contribution in [2.45, 2.75) is 13.1 Å². The van der Waals surface area contributed by atoms with E-state index in [9.17, 15) is 18.0 Å². The van der Waals surface area contributed by atoms with Crippen LogP contribution in [-0.2, 0) is 6.18 Å². The fraction of sp³-hybridized carbons (Fsp3) is 0.150. The molecular weight excluding hydrogens is 427 g/mol. The number of anilines is 1. The van der Waals surface area contributed by atoms with E-state index in [0.29, 0.717) is 34.2 Å². The standard InChI is InChI=1S/C20H16F3N7O2/c1-12-25-27-28-30(12)16-11-14(5-8-17(16)32-2)24-19(31)13-3-6-15(7-4-13)29-10-9-18(26-29)20(21,22)23/h3-11H,1-2H3,(H,24,31). The molecule has 0 radical (unpaired) electrons. The highest BCUT2D eigenvalue weighted by Crippen LogP contribution is 2.28. The zero-order valence-corrected chi connectivity index (χ0v) is 16.8. The summed E-state index contributed by atoms with van der Waals surface area (Å²) in [5.74, 6) is 0.646. The number of nitrogens with zero attached hydrogens (tertiary/aromatic N) is 6. The van der Waals surface area contributed by atoms with Crippen LogP contribution in [0, 0.1) is 6.92 Å². The minimum Gasteiger partial charge on any atom is -0.494 e. The van der Waals surface area contributed by atoms with Crippen molar-refractivity contribution in [2.75, 3.05) is 12.4 Å². The first kappa shape index (κ1) is 21.0. The van der Waals surface area contributed by atoms with Gasteiger partial charge in [0.25, 0.3) is 5.91 Å². The summed E-state index contributed by atoms with van der Waals surface area (Å²) >= 11 is 0. The quantitative estimate of drug-likeness (QED) is 0.507. The van der Waals surface area contributed by atoms with Crippen molar-refractivity contribution in [3.8, 4) is 17.1 Å². The Bertz CT molecular complexity index is 1260. The van der Waals surface area contributed by atoms with Crippen molar-refractivity contribution in [1.82, 2.24) is 30.0 Å². The molecular formula is C20H16F3N7O2. The molecule has 32 heavy (non-hydrogen) atoms. The van der Waals surface area contributed by atoms with Crippen molar-refractivity contribution >= 4 is 11.6 Å². The van der Waals surface area contributed by atoms with E-state index in [0.717, 1.165) is 10.7 Å². The Morgan fingerprint density at radius 3 is 2.44 bits per heavy atom. The molecule has 4 rings (SSSR count). The Labute approximate surface area is 179 Å². The summed E-state index contributed by atoms with van der Waals surface area (Å²) in [6.45, 7) is 1.73. The average molecular weight is 443 g/mol. The highest BCUT2D eigenvalue weighted by molar-refractivity contribution is 6.04. The Morgan fingerprint density at radius 1 is 1.09 bits per heavy atom. The van der Waals surface area contributed by atoms with Crippen molar-refractivity contribution in [1.29, 1.82) is 0 Å². The van der Waals surface area contributed by atoms with Crippen LogP contribution in [0.15, 0.2) is 54.7 Å². The van der Waals surface area contributed by atoms with Gasteiger partial charge in [0, 0.05) is 17.4 Å². The van der Waals surface area contributed by atoms with E-state index in [2.05, 4.69) is 25.9 Å². The molecule has 0 unspecified atom stereocenters. The molecule has 1 amide bonds. The number of rotatable bonds is 5. The molecule has 2 aromatic heterocycles. The maximum absolute atomic E-state index is 12.7. The molecule has 9 nitrogen and oxygen atoms in total. The number of nitrogens with one attached hydrogen (secondary N) is 1. The van der Waals surface area contributed by atoms with Crippen molar-refractivity contribution in [2.24, 2.45) is 0 Å². The Balaban J connectivity index is 1.53. The van der Waals surface area contributed by atoms with Gasteiger partial charge in [0.05, 0.1) is 12.8 Å². The number of alkyl halides is 3. The second-order valence-corrected chi connectivity index (χ2v) is 6.67. The van der Waals surface area contributed by atoms with E-state index in [1.165, 1.54) is 42.3 Å². The van der Waals surface area contributed by atoms with Crippen molar-refractivity contribution in [3.63, 3.8) is 0 Å². The van der Waals surface area contributed by atoms with E-state index in [4.69, 9.17) is 4.74 Å². The molecule has 4 aromatic rings. The second kappa shape index (κ2) is 8.13. The maximum Gasteiger partial charge on any atom is 0.435 e. The third-order valence-electron chi connectivity index (χ3n) is 4.56. The lowest BCUT2D eigenvalue weighted by atomic mass is 10.2. The Hall–Kier alpha value is -4.22. The van der Waals surface area contributed by atoms with Gasteiger partial charge >= 0.3 is 6.18 Å². The normalized spacial score (nSPS) is 11.4. The summed E-state index contributed by atoms with van der Waals surface area (Å²) in [5.41, 5.74) is 0.729. The fourth-order valence-corrected chi connectivity index (χ4v) is 2.98. The number of aromatic nitrogens is 6. The Kier molecular flexibility index (Phi) is 5.34. The van der Waals surface area contributed by atoms with E-state index in [-0.39, 0.29) is 0 Å². The number of carbonyl (C=O) groups excluding carboxylic acids is 1. The topological polar surface area (TPSA) is 99.8 Å². The molecule has 1 N–H and O–H groups in total. The van der Waals surface area contributed by atoms with Crippen LogP contribution in [0.4, 0.5) is 18.9 Å². The molecule has 0 aliphatic rings. The lowest BCUT2D eigenvalue weighted by Gasteiger charge is -2.12. The predicted octanol–water partition coefficient (Wildman–Crippen LogP) is 3.44. The molecule has 0 bridgehead atoms. The molecule has 0 aliphatic carbocycles. The largest absolute Gasteiger partial charge is 0.494 e. The van der Waals surface area contributed by atoms with Gasteiger partial charge < -0.3 is 10.1 Å². The molecule has 0 atom stereocenters. The molecule has 0 spiro atoms. The van der Waals surface area contributed by atoms with Crippen LogP contribution in [0.2, 0.25) is 0 Å². The Morgan fingerprint density at radius 2 is 1.84 bits per heavy atom. The van der Waals surface area contributed by atoms with Gasteiger partial charge in [-0.15, -0.1) is 5.10 Å². The lowest BCUT2D eigenvalue weighted by Crippen LogP contribution is -2.13. The minimum absolute atomic E-state index is 0.313. The van der Waals surface area contributed by atoms with E-state index in [1.807, 2.05) is 0 Å². The third-order valence-corrected chi connectivity index (χ3v) is 4.56. The summed E-state index contributed by atoms with van der Waals surface area (Å²) in [4.78, 5) is 12.7. The summed E-state index contributed by atoms with van der Waals surface area (Å²) in [6, 6.07) is 11.9. The highest BCUT2D eigenvalue weighted by Gasteiger charge is 2.33. The first-order valence-corrected chi connectivity index (χ1v) is 9.24. The van der Waals surface area contributed by atoms with Crippen LogP contribution in [0.1, 0.15) is 21.9 Å². The first-order valence-electron chi connectivity index (χ1n) is 9.24. The number of carbonyl (C=O) groups is 1. The van der Waals surface area contributed by atoms with Crippen LogP contribution in [0.25, 0.3) is 11.4 Å². The van der Waals surface area contributed by atoms with Gasteiger partial charge in [-0.25, -0.2) is 4.68 Å². The second-order valence-electron chi connectivity index (χ2n) is 6.67. The molecule has 0 aliphatic heterocycles. The van der Waals surface area contributed by atoms with Crippen LogP contribution in [0.5, 0.6) is 5.75 Å². The molecule has 2 aromatic carbocycles. The van der Waals surface area contributed by atoms with Gasteiger partial charge in [-0.3, -0.25) is 4.79 Å². The number of ether oxygens (including phenoxy) is 1. The number of hydrogen-bond acceptors (Lipinski definition) is 6. The van der Waals surface area contributed by atoms with Crippen LogP contribution in [0.3, 0.4) is 0 Å². The van der Waals surface area contributed by atoms with Gasteiger partial charge in [-0.2, -0.15) is 23.0 Å². The number of halogens is 3. The monoisotopic (exact) mass is 443 g/mol.